The standard InChI is InChI=1S/C15H17NO/c1-11-5-2-3-6-13(11)16-14-7-4-8-15-12(14)9-10-17-15/h2-3,5-6,9-10,14,16H,4,7-8H2,1H3. The molecule has 1 aliphatic carbocycles. The average Bonchev–Trinajstić information content (AvgIpc) is 2.81. The van der Waals surface area contributed by atoms with Gasteiger partial charge in [-0.3, -0.25) is 0 Å². The van der Waals surface area contributed by atoms with E-state index in [0.717, 1.165) is 12.2 Å². The molecule has 0 radical (unpaired) electrons. The summed E-state index contributed by atoms with van der Waals surface area (Å²) in [5.74, 6) is 1.15. The first-order valence-corrected chi connectivity index (χ1v) is 6.23. The summed E-state index contributed by atoms with van der Waals surface area (Å²) < 4.78 is 5.51. The molecule has 1 unspecified atom stereocenters. The van der Waals surface area contributed by atoms with Crippen molar-refractivity contribution in [2.75, 3.05) is 5.32 Å². The van der Waals surface area contributed by atoms with E-state index in [0.29, 0.717) is 6.04 Å². The largest absolute Gasteiger partial charge is 0.469 e. The molecule has 88 valence electrons. The maximum Gasteiger partial charge on any atom is 0.109 e. The van der Waals surface area contributed by atoms with Crippen LogP contribution < -0.4 is 5.32 Å². The lowest BCUT2D eigenvalue weighted by Crippen LogP contribution is -2.16. The fourth-order valence-corrected chi connectivity index (χ4v) is 2.56. The summed E-state index contributed by atoms with van der Waals surface area (Å²) in [6, 6.07) is 10.9. The van der Waals surface area contributed by atoms with E-state index in [1.54, 1.807) is 0 Å². The van der Waals surface area contributed by atoms with Crippen molar-refractivity contribution in [3.05, 3.63) is 53.5 Å². The highest BCUT2D eigenvalue weighted by atomic mass is 16.3. The van der Waals surface area contributed by atoms with Crippen LogP contribution in [0, 0.1) is 6.92 Å². The molecule has 1 aliphatic rings. The van der Waals surface area contributed by atoms with Gasteiger partial charge in [-0.15, -0.1) is 0 Å². The van der Waals surface area contributed by atoms with Gasteiger partial charge in [-0.25, -0.2) is 0 Å². The molecule has 1 aromatic heterocycles. The van der Waals surface area contributed by atoms with Crippen LogP contribution in [-0.4, -0.2) is 0 Å². The fourth-order valence-electron chi connectivity index (χ4n) is 2.56. The van der Waals surface area contributed by atoms with Crippen molar-refractivity contribution in [2.45, 2.75) is 32.2 Å². The molecule has 2 aromatic rings. The van der Waals surface area contributed by atoms with Crippen LogP contribution in [0.25, 0.3) is 0 Å². The van der Waals surface area contributed by atoms with Gasteiger partial charge in [0.1, 0.15) is 5.76 Å². The predicted octanol–water partition coefficient (Wildman–Crippen LogP) is 4.08. The first-order chi connectivity index (χ1) is 8.34. The van der Waals surface area contributed by atoms with Crippen molar-refractivity contribution in [3.63, 3.8) is 0 Å². The number of aryl methyl sites for hydroxylation is 2. The number of fused-ring (bicyclic) bond motifs is 1. The quantitative estimate of drug-likeness (QED) is 0.836. The Balaban J connectivity index is 1.86. The van der Waals surface area contributed by atoms with E-state index in [4.69, 9.17) is 4.42 Å². The van der Waals surface area contributed by atoms with Gasteiger partial charge in [0.05, 0.1) is 12.3 Å². The normalized spacial score (nSPS) is 18.8. The average molecular weight is 227 g/mol. The molecule has 2 nitrogen and oxygen atoms in total. The molecule has 0 bridgehead atoms. The van der Waals surface area contributed by atoms with Gasteiger partial charge < -0.3 is 9.73 Å². The summed E-state index contributed by atoms with van der Waals surface area (Å²) in [7, 11) is 0. The van der Waals surface area contributed by atoms with Crippen LogP contribution in [0.4, 0.5) is 5.69 Å². The lowest BCUT2D eigenvalue weighted by molar-refractivity contribution is 0.461. The van der Waals surface area contributed by atoms with E-state index in [-0.39, 0.29) is 0 Å². The van der Waals surface area contributed by atoms with Crippen molar-refractivity contribution in [3.8, 4) is 0 Å². The van der Waals surface area contributed by atoms with E-state index in [1.165, 1.54) is 29.7 Å². The van der Waals surface area contributed by atoms with Gasteiger partial charge >= 0.3 is 0 Å². The molecule has 0 saturated heterocycles. The first kappa shape index (κ1) is 10.5. The summed E-state index contributed by atoms with van der Waals surface area (Å²) in [6.45, 7) is 2.14. The number of para-hydroxylation sites is 1. The van der Waals surface area contributed by atoms with Gasteiger partial charge in [0.15, 0.2) is 0 Å². The molecule has 17 heavy (non-hydrogen) atoms. The van der Waals surface area contributed by atoms with Crippen LogP contribution in [0.5, 0.6) is 0 Å². The highest BCUT2D eigenvalue weighted by molar-refractivity contribution is 5.52. The second-order valence-electron chi connectivity index (χ2n) is 4.70. The summed E-state index contributed by atoms with van der Waals surface area (Å²) in [6.07, 6.45) is 5.27. The van der Waals surface area contributed by atoms with Crippen LogP contribution in [0.15, 0.2) is 41.0 Å². The molecule has 1 N–H and O–H groups in total. The first-order valence-electron chi connectivity index (χ1n) is 6.23. The van der Waals surface area contributed by atoms with E-state index in [2.05, 4.69) is 42.6 Å². The molecule has 0 aliphatic heterocycles. The molecule has 0 amide bonds. The summed E-state index contributed by atoms with van der Waals surface area (Å²) in [4.78, 5) is 0. The Morgan fingerprint density at radius 2 is 2.12 bits per heavy atom. The topological polar surface area (TPSA) is 25.2 Å². The number of rotatable bonds is 2. The lowest BCUT2D eigenvalue weighted by Gasteiger charge is -2.24. The van der Waals surface area contributed by atoms with Gasteiger partial charge in [-0.05, 0) is 37.5 Å². The van der Waals surface area contributed by atoms with Crippen molar-refractivity contribution < 1.29 is 4.42 Å². The Kier molecular flexibility index (Phi) is 2.63. The lowest BCUT2D eigenvalue weighted by atomic mass is 9.93. The minimum Gasteiger partial charge on any atom is -0.469 e. The third kappa shape index (κ3) is 1.95. The molecule has 2 heteroatoms. The summed E-state index contributed by atoms with van der Waals surface area (Å²) >= 11 is 0. The number of hydrogen-bond donors (Lipinski definition) is 1. The molecule has 0 spiro atoms. The molecule has 3 rings (SSSR count). The third-order valence-corrected chi connectivity index (χ3v) is 3.53. The molecule has 1 atom stereocenters. The molecule has 1 heterocycles. The molecule has 0 fully saturated rings. The van der Waals surface area contributed by atoms with Crippen LogP contribution in [-0.2, 0) is 6.42 Å². The van der Waals surface area contributed by atoms with Crippen molar-refractivity contribution in [1.82, 2.24) is 0 Å². The number of hydrogen-bond acceptors (Lipinski definition) is 2. The number of nitrogens with one attached hydrogen (secondary N) is 1. The zero-order chi connectivity index (χ0) is 11.7. The Labute approximate surface area is 102 Å². The molecular weight excluding hydrogens is 210 g/mol. The zero-order valence-corrected chi connectivity index (χ0v) is 10.1. The monoisotopic (exact) mass is 227 g/mol. The number of benzene rings is 1. The van der Waals surface area contributed by atoms with E-state index in [1.807, 2.05) is 6.26 Å². The Bertz CT molecular complexity index is 515. The Morgan fingerprint density at radius 3 is 3.00 bits per heavy atom. The molecule has 1 aromatic carbocycles. The Hall–Kier alpha value is -1.70. The molecule has 0 saturated carbocycles. The van der Waals surface area contributed by atoms with Crippen LogP contribution in [0.2, 0.25) is 0 Å². The predicted molar refractivity (Wildman–Crippen MR) is 69.2 cm³/mol. The number of anilines is 1. The Morgan fingerprint density at radius 1 is 1.24 bits per heavy atom. The van der Waals surface area contributed by atoms with Crippen LogP contribution in [0.3, 0.4) is 0 Å². The van der Waals surface area contributed by atoms with Gasteiger partial charge in [0.2, 0.25) is 0 Å². The molecular formula is C15H17NO. The van der Waals surface area contributed by atoms with E-state index >= 15 is 0 Å². The minimum absolute atomic E-state index is 0.401. The van der Waals surface area contributed by atoms with Gasteiger partial charge in [0.25, 0.3) is 0 Å². The van der Waals surface area contributed by atoms with Crippen molar-refractivity contribution in [1.29, 1.82) is 0 Å². The van der Waals surface area contributed by atoms with Gasteiger partial charge in [-0.2, -0.15) is 0 Å². The fraction of sp³-hybridized carbons (Fsp3) is 0.333. The maximum atomic E-state index is 5.51. The minimum atomic E-state index is 0.401. The van der Waals surface area contributed by atoms with Gasteiger partial charge in [-0.1, -0.05) is 18.2 Å². The smallest absolute Gasteiger partial charge is 0.109 e. The van der Waals surface area contributed by atoms with E-state index in [9.17, 15) is 0 Å². The summed E-state index contributed by atoms with van der Waals surface area (Å²) in [5.41, 5.74) is 3.86. The maximum absolute atomic E-state index is 5.51. The SMILES string of the molecule is Cc1ccccc1NC1CCCc2occc21. The van der Waals surface area contributed by atoms with Crippen molar-refractivity contribution >= 4 is 5.69 Å². The van der Waals surface area contributed by atoms with Crippen molar-refractivity contribution in [2.24, 2.45) is 0 Å². The van der Waals surface area contributed by atoms with Crippen LogP contribution in [0.1, 0.15) is 35.8 Å². The number of furan rings is 1. The summed E-state index contributed by atoms with van der Waals surface area (Å²) in [5, 5.41) is 3.63. The third-order valence-electron chi connectivity index (χ3n) is 3.53. The second kappa shape index (κ2) is 4.28. The van der Waals surface area contributed by atoms with Crippen LogP contribution >= 0.6 is 0 Å². The second-order valence-corrected chi connectivity index (χ2v) is 4.70. The zero-order valence-electron chi connectivity index (χ0n) is 10.1. The van der Waals surface area contributed by atoms with Gasteiger partial charge in [0, 0.05) is 17.7 Å². The highest BCUT2D eigenvalue weighted by Gasteiger charge is 2.22. The van der Waals surface area contributed by atoms with E-state index < -0.39 is 0 Å². The highest BCUT2D eigenvalue weighted by Crippen LogP contribution is 2.33.